The van der Waals surface area contributed by atoms with Crippen LogP contribution in [0.4, 0.5) is 0 Å². The van der Waals surface area contributed by atoms with E-state index >= 15 is 0 Å². The fourth-order valence-electron chi connectivity index (χ4n) is 3.02. The van der Waals surface area contributed by atoms with E-state index in [1.54, 1.807) is 7.11 Å². The van der Waals surface area contributed by atoms with Crippen molar-refractivity contribution < 1.29 is 4.74 Å². The maximum Gasteiger partial charge on any atom is 0.118 e. The third-order valence-corrected chi connectivity index (χ3v) is 4.50. The van der Waals surface area contributed by atoms with Gasteiger partial charge in [0, 0.05) is 39.3 Å². The van der Waals surface area contributed by atoms with E-state index in [9.17, 15) is 0 Å². The molecule has 0 unspecified atom stereocenters. The number of hydrogen-bond donors (Lipinski definition) is 0. The highest BCUT2D eigenvalue weighted by atomic mass is 16.5. The molecule has 1 saturated heterocycles. The van der Waals surface area contributed by atoms with Gasteiger partial charge in [0.15, 0.2) is 0 Å². The molecule has 0 saturated carbocycles. The van der Waals surface area contributed by atoms with E-state index in [0.717, 1.165) is 45.0 Å². The summed E-state index contributed by atoms with van der Waals surface area (Å²) in [5.74, 6) is 0.925. The van der Waals surface area contributed by atoms with Gasteiger partial charge in [-0.1, -0.05) is 54.6 Å². The summed E-state index contributed by atoms with van der Waals surface area (Å²) in [6.07, 6.45) is 4.48. The summed E-state index contributed by atoms with van der Waals surface area (Å²) >= 11 is 0. The molecule has 2 aromatic rings. The van der Waals surface area contributed by atoms with Crippen molar-refractivity contribution in [3.05, 3.63) is 71.8 Å². The molecule has 0 amide bonds. The summed E-state index contributed by atoms with van der Waals surface area (Å²) in [6.45, 7) is 6.59. The highest BCUT2D eigenvalue weighted by Gasteiger charge is 2.15. The molecule has 1 fully saturated rings. The molecule has 0 aliphatic carbocycles. The van der Waals surface area contributed by atoms with Crippen LogP contribution < -0.4 is 4.74 Å². The molecular formula is C21H26N2O. The highest BCUT2D eigenvalue weighted by molar-refractivity contribution is 5.48. The Morgan fingerprint density at radius 2 is 1.54 bits per heavy atom. The Hall–Kier alpha value is -2.10. The number of hydrogen-bond acceptors (Lipinski definition) is 3. The average molecular weight is 322 g/mol. The molecule has 3 nitrogen and oxygen atoms in total. The Labute approximate surface area is 145 Å². The van der Waals surface area contributed by atoms with Crippen LogP contribution in [0.2, 0.25) is 0 Å². The third-order valence-electron chi connectivity index (χ3n) is 4.50. The highest BCUT2D eigenvalue weighted by Crippen LogP contribution is 2.14. The minimum Gasteiger partial charge on any atom is -0.497 e. The van der Waals surface area contributed by atoms with Gasteiger partial charge in [-0.3, -0.25) is 9.80 Å². The second kappa shape index (κ2) is 8.67. The second-order valence-corrected chi connectivity index (χ2v) is 6.24. The van der Waals surface area contributed by atoms with E-state index in [2.05, 4.69) is 64.4 Å². The van der Waals surface area contributed by atoms with Crippen molar-refractivity contribution in [2.75, 3.05) is 39.8 Å². The molecule has 1 heterocycles. The van der Waals surface area contributed by atoms with Gasteiger partial charge in [0.2, 0.25) is 0 Å². The van der Waals surface area contributed by atoms with E-state index in [0.29, 0.717) is 0 Å². The maximum atomic E-state index is 5.22. The van der Waals surface area contributed by atoms with Crippen molar-refractivity contribution in [1.29, 1.82) is 0 Å². The topological polar surface area (TPSA) is 15.7 Å². The van der Waals surface area contributed by atoms with Crippen LogP contribution in [-0.2, 0) is 6.54 Å². The Bertz CT molecular complexity index is 629. The normalized spacial score (nSPS) is 16.5. The molecule has 3 heteroatoms. The van der Waals surface area contributed by atoms with Crippen molar-refractivity contribution in [1.82, 2.24) is 9.80 Å². The summed E-state index contributed by atoms with van der Waals surface area (Å²) in [5, 5.41) is 0. The largest absolute Gasteiger partial charge is 0.497 e. The number of ether oxygens (including phenoxy) is 1. The lowest BCUT2D eigenvalue weighted by Crippen LogP contribution is -2.45. The molecule has 0 spiro atoms. The smallest absolute Gasteiger partial charge is 0.118 e. The lowest BCUT2D eigenvalue weighted by Gasteiger charge is -2.34. The molecule has 1 aliphatic heterocycles. The van der Waals surface area contributed by atoms with Gasteiger partial charge >= 0.3 is 0 Å². The minimum atomic E-state index is 0.925. The number of piperazine rings is 1. The lowest BCUT2D eigenvalue weighted by molar-refractivity contribution is 0.137. The fourth-order valence-corrected chi connectivity index (χ4v) is 3.02. The summed E-state index contributed by atoms with van der Waals surface area (Å²) in [4.78, 5) is 5.04. The number of nitrogens with zero attached hydrogens (tertiary/aromatic N) is 2. The van der Waals surface area contributed by atoms with Crippen LogP contribution in [0, 0.1) is 0 Å². The van der Waals surface area contributed by atoms with Crippen LogP contribution in [0.25, 0.3) is 6.08 Å². The first kappa shape index (κ1) is 16.7. The second-order valence-electron chi connectivity index (χ2n) is 6.24. The van der Waals surface area contributed by atoms with Crippen molar-refractivity contribution >= 4 is 6.08 Å². The Morgan fingerprint density at radius 1 is 0.875 bits per heavy atom. The van der Waals surface area contributed by atoms with Crippen molar-refractivity contribution in [2.45, 2.75) is 6.54 Å². The van der Waals surface area contributed by atoms with Gasteiger partial charge < -0.3 is 4.74 Å². The number of methoxy groups -OCH3 is 1. The van der Waals surface area contributed by atoms with Crippen LogP contribution >= 0.6 is 0 Å². The minimum absolute atomic E-state index is 0.925. The van der Waals surface area contributed by atoms with E-state index in [-0.39, 0.29) is 0 Å². The molecule has 3 rings (SSSR count). The van der Waals surface area contributed by atoms with E-state index < -0.39 is 0 Å². The third kappa shape index (κ3) is 4.95. The molecule has 2 aromatic carbocycles. The standard InChI is InChI=1S/C21H26N2O/c1-24-21-11-9-20(10-12-21)18-23-16-14-22(15-17-23)13-5-8-19-6-3-2-4-7-19/h2-12H,13-18H2,1H3/b8-5+. The van der Waals surface area contributed by atoms with Gasteiger partial charge in [-0.05, 0) is 23.3 Å². The molecule has 0 aromatic heterocycles. The van der Waals surface area contributed by atoms with E-state index in [1.165, 1.54) is 11.1 Å². The van der Waals surface area contributed by atoms with Crippen LogP contribution in [0.5, 0.6) is 5.75 Å². The Kier molecular flexibility index (Phi) is 6.05. The molecule has 0 radical (unpaired) electrons. The first-order valence-electron chi connectivity index (χ1n) is 8.63. The van der Waals surface area contributed by atoms with Crippen molar-refractivity contribution in [2.24, 2.45) is 0 Å². The zero-order valence-corrected chi connectivity index (χ0v) is 14.4. The fraction of sp³-hybridized carbons (Fsp3) is 0.333. The molecule has 126 valence electrons. The monoisotopic (exact) mass is 322 g/mol. The summed E-state index contributed by atoms with van der Waals surface area (Å²) < 4.78 is 5.22. The average Bonchev–Trinajstić information content (AvgIpc) is 2.65. The molecule has 0 bridgehead atoms. The lowest BCUT2D eigenvalue weighted by atomic mass is 10.2. The zero-order valence-electron chi connectivity index (χ0n) is 14.4. The van der Waals surface area contributed by atoms with Gasteiger partial charge in [0.05, 0.1) is 7.11 Å². The summed E-state index contributed by atoms with van der Waals surface area (Å²) in [6, 6.07) is 18.9. The van der Waals surface area contributed by atoms with Gasteiger partial charge in [0.1, 0.15) is 5.75 Å². The quantitative estimate of drug-likeness (QED) is 0.809. The Balaban J connectivity index is 1.41. The molecule has 0 atom stereocenters. The zero-order chi connectivity index (χ0) is 16.6. The van der Waals surface area contributed by atoms with Gasteiger partial charge in [-0.2, -0.15) is 0 Å². The SMILES string of the molecule is COc1ccc(CN2CCN(C/C=C/c3ccccc3)CC2)cc1. The van der Waals surface area contributed by atoms with Crippen LogP contribution in [0.15, 0.2) is 60.7 Å². The van der Waals surface area contributed by atoms with Gasteiger partial charge in [-0.25, -0.2) is 0 Å². The van der Waals surface area contributed by atoms with Gasteiger partial charge in [-0.15, -0.1) is 0 Å². The van der Waals surface area contributed by atoms with E-state index in [1.807, 2.05) is 12.1 Å². The van der Waals surface area contributed by atoms with Crippen molar-refractivity contribution in [3.8, 4) is 5.75 Å². The summed E-state index contributed by atoms with van der Waals surface area (Å²) in [7, 11) is 1.71. The number of benzene rings is 2. The molecular weight excluding hydrogens is 296 g/mol. The molecule has 24 heavy (non-hydrogen) atoms. The van der Waals surface area contributed by atoms with Crippen molar-refractivity contribution in [3.63, 3.8) is 0 Å². The first-order valence-corrected chi connectivity index (χ1v) is 8.63. The van der Waals surface area contributed by atoms with Gasteiger partial charge in [0.25, 0.3) is 0 Å². The molecule has 1 aliphatic rings. The molecule has 0 N–H and O–H groups in total. The Morgan fingerprint density at radius 3 is 2.21 bits per heavy atom. The van der Waals surface area contributed by atoms with Crippen LogP contribution in [-0.4, -0.2) is 49.6 Å². The maximum absolute atomic E-state index is 5.22. The van der Waals surface area contributed by atoms with Crippen LogP contribution in [0.3, 0.4) is 0 Å². The summed E-state index contributed by atoms with van der Waals surface area (Å²) in [5.41, 5.74) is 2.63. The first-order chi connectivity index (χ1) is 11.8. The number of rotatable bonds is 6. The van der Waals surface area contributed by atoms with Crippen LogP contribution in [0.1, 0.15) is 11.1 Å². The van der Waals surface area contributed by atoms with E-state index in [4.69, 9.17) is 4.74 Å². The predicted octanol–water partition coefficient (Wildman–Crippen LogP) is 3.53. The predicted molar refractivity (Wildman–Crippen MR) is 100 cm³/mol.